The summed E-state index contributed by atoms with van der Waals surface area (Å²) < 4.78 is 17.9. The van der Waals surface area contributed by atoms with Crippen LogP contribution in [0.25, 0.3) is 0 Å². The molecule has 0 N–H and O–H groups in total. The highest BCUT2D eigenvalue weighted by Gasteiger charge is 2.09. The molecule has 1 atom stereocenters. The lowest BCUT2D eigenvalue weighted by molar-refractivity contribution is 0.128. The fourth-order valence-corrected chi connectivity index (χ4v) is 1.42. The van der Waals surface area contributed by atoms with Gasteiger partial charge in [-0.2, -0.15) is 0 Å². The molecule has 0 radical (unpaired) electrons. The lowest BCUT2D eigenvalue weighted by Crippen LogP contribution is -2.08. The molecule has 68 valence electrons. The summed E-state index contributed by atoms with van der Waals surface area (Å²) in [5.41, 5.74) is 1.11. The maximum Gasteiger partial charge on any atom is 0.123 e. The zero-order valence-electron chi connectivity index (χ0n) is 7.24. The second-order valence-electron chi connectivity index (χ2n) is 3.13. The number of hydrogen-bond donors (Lipinski definition) is 0. The van der Waals surface area contributed by atoms with Gasteiger partial charge in [-0.15, -0.1) is 0 Å². The van der Waals surface area contributed by atoms with Crippen molar-refractivity contribution in [3.8, 4) is 0 Å². The van der Waals surface area contributed by atoms with Crippen LogP contribution in [0.3, 0.4) is 0 Å². The molecular weight excluding hydrogens is 167 g/mol. The minimum Gasteiger partial charge on any atom is -0.370 e. The monoisotopic (exact) mass is 178 g/mol. The lowest BCUT2D eigenvalue weighted by atomic mass is 10.1. The van der Waals surface area contributed by atoms with E-state index in [1.54, 1.807) is 12.1 Å². The molecule has 0 saturated heterocycles. The molecule has 1 aliphatic rings. The third kappa shape index (κ3) is 2.16. The highest BCUT2D eigenvalue weighted by Crippen LogP contribution is 2.11. The Balaban J connectivity index is 2.01. The Hall–Kier alpha value is -1.15. The molecule has 0 fully saturated rings. The smallest absolute Gasteiger partial charge is 0.123 e. The lowest BCUT2D eigenvalue weighted by Gasteiger charge is -2.07. The summed E-state index contributed by atoms with van der Waals surface area (Å²) in [5.74, 6) is -0.188. The van der Waals surface area contributed by atoms with E-state index in [0.717, 1.165) is 12.0 Å². The van der Waals surface area contributed by atoms with Gasteiger partial charge in [0.15, 0.2) is 0 Å². The molecule has 1 heterocycles. The van der Waals surface area contributed by atoms with Crippen LogP contribution in [0.15, 0.2) is 36.4 Å². The molecule has 0 unspecified atom stereocenters. The quantitative estimate of drug-likeness (QED) is 0.631. The normalized spacial score (nSPS) is 20.8. The topological polar surface area (TPSA) is 9.23 Å². The van der Waals surface area contributed by atoms with E-state index in [1.807, 2.05) is 12.2 Å². The molecule has 0 amide bonds. The van der Waals surface area contributed by atoms with Crippen molar-refractivity contribution in [3.05, 3.63) is 47.8 Å². The average molecular weight is 178 g/mol. The van der Waals surface area contributed by atoms with Crippen molar-refractivity contribution in [2.24, 2.45) is 0 Å². The van der Waals surface area contributed by atoms with Crippen molar-refractivity contribution in [2.75, 3.05) is 6.61 Å². The molecule has 0 bridgehead atoms. The zero-order valence-corrected chi connectivity index (χ0v) is 7.24. The first-order valence-electron chi connectivity index (χ1n) is 4.37. The summed E-state index contributed by atoms with van der Waals surface area (Å²) in [4.78, 5) is 0. The Morgan fingerprint density at radius 3 is 2.69 bits per heavy atom. The molecule has 0 saturated carbocycles. The van der Waals surface area contributed by atoms with Gasteiger partial charge in [-0.05, 0) is 17.7 Å². The largest absolute Gasteiger partial charge is 0.370 e. The molecular formula is C11H11FO. The van der Waals surface area contributed by atoms with E-state index in [4.69, 9.17) is 4.74 Å². The summed E-state index contributed by atoms with van der Waals surface area (Å²) in [6.45, 7) is 0.700. The van der Waals surface area contributed by atoms with Gasteiger partial charge >= 0.3 is 0 Å². The van der Waals surface area contributed by atoms with E-state index in [0.29, 0.717) is 6.61 Å². The van der Waals surface area contributed by atoms with Gasteiger partial charge in [-0.25, -0.2) is 4.39 Å². The van der Waals surface area contributed by atoms with Gasteiger partial charge in [0.1, 0.15) is 5.82 Å². The Labute approximate surface area is 76.8 Å². The third-order valence-electron chi connectivity index (χ3n) is 2.11. The maximum absolute atomic E-state index is 12.6. The predicted molar refractivity (Wildman–Crippen MR) is 49.0 cm³/mol. The van der Waals surface area contributed by atoms with Crippen LogP contribution in [0.4, 0.5) is 4.39 Å². The van der Waals surface area contributed by atoms with Crippen LogP contribution in [0.2, 0.25) is 0 Å². The molecule has 1 nitrogen and oxygen atoms in total. The highest BCUT2D eigenvalue weighted by atomic mass is 19.1. The number of ether oxygens (including phenoxy) is 1. The van der Waals surface area contributed by atoms with Crippen molar-refractivity contribution >= 4 is 0 Å². The van der Waals surface area contributed by atoms with E-state index < -0.39 is 0 Å². The maximum atomic E-state index is 12.6. The van der Waals surface area contributed by atoms with Crippen LogP contribution in [0, 0.1) is 5.82 Å². The van der Waals surface area contributed by atoms with E-state index >= 15 is 0 Å². The fourth-order valence-electron chi connectivity index (χ4n) is 1.42. The SMILES string of the molecule is Fc1ccc(C[C@H]2C=CCO2)cc1. The standard InChI is InChI=1S/C11H11FO/c12-10-5-3-9(4-6-10)8-11-2-1-7-13-11/h1-6,11H,7-8H2/t11-/m1/s1. The van der Waals surface area contributed by atoms with Crippen molar-refractivity contribution in [1.82, 2.24) is 0 Å². The Bertz CT molecular complexity index is 302. The second-order valence-corrected chi connectivity index (χ2v) is 3.13. The van der Waals surface area contributed by atoms with Gasteiger partial charge in [0.2, 0.25) is 0 Å². The summed E-state index contributed by atoms with van der Waals surface area (Å²) in [6.07, 6.45) is 5.05. The van der Waals surface area contributed by atoms with Crippen LogP contribution >= 0.6 is 0 Å². The zero-order chi connectivity index (χ0) is 9.10. The van der Waals surface area contributed by atoms with Crippen LogP contribution in [-0.4, -0.2) is 12.7 Å². The van der Waals surface area contributed by atoms with Crippen LogP contribution < -0.4 is 0 Å². The van der Waals surface area contributed by atoms with Gasteiger partial charge < -0.3 is 4.74 Å². The summed E-state index contributed by atoms with van der Waals surface area (Å²) in [5, 5.41) is 0. The average Bonchev–Trinajstić information content (AvgIpc) is 2.62. The fraction of sp³-hybridized carbons (Fsp3) is 0.273. The number of rotatable bonds is 2. The number of halogens is 1. The Morgan fingerprint density at radius 2 is 2.08 bits per heavy atom. The summed E-state index contributed by atoms with van der Waals surface area (Å²) >= 11 is 0. The number of benzene rings is 1. The van der Waals surface area contributed by atoms with Gasteiger partial charge in [0.25, 0.3) is 0 Å². The first kappa shape index (κ1) is 8.45. The highest BCUT2D eigenvalue weighted by molar-refractivity contribution is 5.18. The van der Waals surface area contributed by atoms with Crippen molar-refractivity contribution in [1.29, 1.82) is 0 Å². The van der Waals surface area contributed by atoms with Crippen molar-refractivity contribution in [2.45, 2.75) is 12.5 Å². The molecule has 0 aliphatic carbocycles. The van der Waals surface area contributed by atoms with E-state index in [2.05, 4.69) is 0 Å². The molecule has 1 aromatic rings. The van der Waals surface area contributed by atoms with Gasteiger partial charge in [0.05, 0.1) is 12.7 Å². The van der Waals surface area contributed by atoms with Gasteiger partial charge in [-0.3, -0.25) is 0 Å². The predicted octanol–water partition coefficient (Wildman–Crippen LogP) is 2.32. The molecule has 2 heteroatoms. The van der Waals surface area contributed by atoms with Crippen molar-refractivity contribution < 1.29 is 9.13 Å². The Kier molecular flexibility index (Phi) is 2.41. The van der Waals surface area contributed by atoms with Crippen LogP contribution in [-0.2, 0) is 11.2 Å². The minimum atomic E-state index is -0.188. The number of hydrogen-bond acceptors (Lipinski definition) is 1. The van der Waals surface area contributed by atoms with Crippen LogP contribution in [0.1, 0.15) is 5.56 Å². The first-order valence-corrected chi connectivity index (χ1v) is 4.37. The Morgan fingerprint density at radius 1 is 1.31 bits per heavy atom. The molecule has 0 aromatic heterocycles. The van der Waals surface area contributed by atoms with Crippen molar-refractivity contribution in [3.63, 3.8) is 0 Å². The molecule has 0 spiro atoms. The van der Waals surface area contributed by atoms with Gasteiger partial charge in [-0.1, -0.05) is 24.3 Å². The molecule has 1 aliphatic heterocycles. The first-order chi connectivity index (χ1) is 6.34. The van der Waals surface area contributed by atoms with E-state index in [-0.39, 0.29) is 11.9 Å². The summed E-state index contributed by atoms with van der Waals surface area (Å²) in [6, 6.07) is 6.55. The van der Waals surface area contributed by atoms with E-state index in [9.17, 15) is 4.39 Å². The molecule has 2 rings (SSSR count). The van der Waals surface area contributed by atoms with Crippen LogP contribution in [0.5, 0.6) is 0 Å². The molecule has 13 heavy (non-hydrogen) atoms. The minimum absolute atomic E-state index is 0.172. The second kappa shape index (κ2) is 3.71. The third-order valence-corrected chi connectivity index (χ3v) is 2.11. The summed E-state index contributed by atoms with van der Waals surface area (Å²) in [7, 11) is 0. The molecule has 1 aromatic carbocycles. The van der Waals surface area contributed by atoms with Gasteiger partial charge in [0, 0.05) is 6.42 Å². The van der Waals surface area contributed by atoms with E-state index in [1.165, 1.54) is 12.1 Å².